The Hall–Kier alpha value is -1.30. The van der Waals surface area contributed by atoms with Gasteiger partial charge in [0.05, 0.1) is 0 Å². The van der Waals surface area contributed by atoms with E-state index in [1.807, 2.05) is 0 Å². The molecule has 0 aromatic carbocycles. The normalized spacial score (nSPS) is 12.1. The summed E-state index contributed by atoms with van der Waals surface area (Å²) in [4.78, 5) is 10.3. The molecule has 11 heavy (non-hydrogen) atoms. The quantitative estimate of drug-likeness (QED) is 0.202. The van der Waals surface area contributed by atoms with Crippen LogP contribution in [0, 0.1) is 5.41 Å². The molecular formula is C5H12N4O2. The summed E-state index contributed by atoms with van der Waals surface area (Å²) < 4.78 is 0. The standard InChI is InChI=1S/C5H12N4O2/c1-2-3(4(10)11)8-9-5(6)7/h3,8H,2H2,1H3,(H,10,11)(H4,6,7,9). The third kappa shape index (κ3) is 4.15. The second-order valence-electron chi connectivity index (χ2n) is 1.98. The molecule has 0 heterocycles. The number of hydrogen-bond acceptors (Lipinski definition) is 3. The molecule has 0 rings (SSSR count). The zero-order valence-electron chi connectivity index (χ0n) is 6.22. The van der Waals surface area contributed by atoms with E-state index in [2.05, 4.69) is 10.9 Å². The van der Waals surface area contributed by atoms with Crippen molar-refractivity contribution in [3.8, 4) is 0 Å². The van der Waals surface area contributed by atoms with Gasteiger partial charge in [0.15, 0.2) is 5.96 Å². The topological polar surface area (TPSA) is 111 Å². The lowest BCUT2D eigenvalue weighted by Crippen LogP contribution is -2.50. The van der Waals surface area contributed by atoms with E-state index in [0.29, 0.717) is 6.42 Å². The number of rotatable bonds is 4. The molecular weight excluding hydrogens is 148 g/mol. The maximum absolute atomic E-state index is 10.3. The minimum atomic E-state index is -0.971. The van der Waals surface area contributed by atoms with Gasteiger partial charge in [-0.05, 0) is 6.42 Å². The monoisotopic (exact) mass is 160 g/mol. The van der Waals surface area contributed by atoms with Gasteiger partial charge in [0.25, 0.3) is 0 Å². The van der Waals surface area contributed by atoms with E-state index in [0.717, 1.165) is 0 Å². The summed E-state index contributed by atoms with van der Waals surface area (Å²) in [6.07, 6.45) is 0.426. The number of nitrogens with one attached hydrogen (secondary N) is 3. The van der Waals surface area contributed by atoms with Crippen LogP contribution in [0.3, 0.4) is 0 Å². The van der Waals surface area contributed by atoms with Gasteiger partial charge >= 0.3 is 5.97 Å². The van der Waals surface area contributed by atoms with E-state index in [4.69, 9.17) is 16.2 Å². The predicted octanol–water partition coefficient (Wildman–Crippen LogP) is -1.16. The largest absolute Gasteiger partial charge is 0.480 e. The van der Waals surface area contributed by atoms with Gasteiger partial charge in [0.1, 0.15) is 6.04 Å². The summed E-state index contributed by atoms with van der Waals surface area (Å²) in [6.45, 7) is 1.72. The minimum absolute atomic E-state index is 0.301. The van der Waals surface area contributed by atoms with E-state index in [1.54, 1.807) is 6.92 Å². The highest BCUT2D eigenvalue weighted by Gasteiger charge is 2.13. The molecule has 1 unspecified atom stereocenters. The second-order valence-corrected chi connectivity index (χ2v) is 1.98. The Morgan fingerprint density at radius 3 is 2.64 bits per heavy atom. The van der Waals surface area contributed by atoms with Gasteiger partial charge in [-0.25, -0.2) is 5.43 Å². The minimum Gasteiger partial charge on any atom is -0.480 e. The average Bonchev–Trinajstić information content (AvgIpc) is 1.87. The van der Waals surface area contributed by atoms with Crippen molar-refractivity contribution in [2.45, 2.75) is 19.4 Å². The molecule has 0 aliphatic heterocycles. The molecule has 1 atom stereocenters. The van der Waals surface area contributed by atoms with Gasteiger partial charge in [-0.1, -0.05) is 6.92 Å². The molecule has 0 spiro atoms. The van der Waals surface area contributed by atoms with Gasteiger partial charge in [-0.3, -0.25) is 15.6 Å². The summed E-state index contributed by atoms with van der Waals surface area (Å²) in [6, 6.07) is -0.709. The molecule has 64 valence electrons. The fraction of sp³-hybridized carbons (Fsp3) is 0.600. The van der Waals surface area contributed by atoms with Crippen molar-refractivity contribution in [2.75, 3.05) is 0 Å². The number of carboxylic acids is 1. The summed E-state index contributed by atoms with van der Waals surface area (Å²) in [5.41, 5.74) is 9.49. The smallest absolute Gasteiger partial charge is 0.322 e. The Morgan fingerprint density at radius 1 is 1.82 bits per heavy atom. The van der Waals surface area contributed by atoms with Crippen molar-refractivity contribution >= 4 is 11.9 Å². The van der Waals surface area contributed by atoms with Gasteiger partial charge in [-0.2, -0.15) is 0 Å². The Morgan fingerprint density at radius 2 is 2.36 bits per heavy atom. The lowest BCUT2D eigenvalue weighted by molar-refractivity contribution is -0.139. The first kappa shape index (κ1) is 9.70. The maximum atomic E-state index is 10.3. The highest BCUT2D eigenvalue weighted by molar-refractivity contribution is 5.76. The molecule has 0 amide bonds. The van der Waals surface area contributed by atoms with Crippen LogP contribution in [0.2, 0.25) is 0 Å². The van der Waals surface area contributed by atoms with E-state index < -0.39 is 12.0 Å². The average molecular weight is 160 g/mol. The van der Waals surface area contributed by atoms with Crippen molar-refractivity contribution < 1.29 is 9.90 Å². The zero-order chi connectivity index (χ0) is 8.85. The first-order valence-corrected chi connectivity index (χ1v) is 3.16. The second kappa shape index (κ2) is 4.51. The molecule has 0 aliphatic carbocycles. The van der Waals surface area contributed by atoms with Crippen molar-refractivity contribution in [3.05, 3.63) is 0 Å². The molecule has 0 bridgehead atoms. The Bertz CT molecular complexity index is 159. The van der Waals surface area contributed by atoms with Gasteiger partial charge < -0.3 is 10.8 Å². The number of guanidine groups is 1. The van der Waals surface area contributed by atoms with Crippen LogP contribution in [0.5, 0.6) is 0 Å². The SMILES string of the molecule is CCC(NNC(=N)N)C(=O)O. The van der Waals surface area contributed by atoms with Crippen LogP contribution < -0.4 is 16.6 Å². The molecule has 0 fully saturated rings. The summed E-state index contributed by atoms with van der Waals surface area (Å²) in [5, 5.41) is 15.2. The number of hydrogen-bond donors (Lipinski definition) is 5. The number of carboxylic acid groups (broad SMARTS) is 1. The third-order valence-electron chi connectivity index (χ3n) is 1.09. The van der Waals surface area contributed by atoms with Crippen LogP contribution in [0.1, 0.15) is 13.3 Å². The highest BCUT2D eigenvalue weighted by atomic mass is 16.4. The van der Waals surface area contributed by atoms with Gasteiger partial charge in [0.2, 0.25) is 0 Å². The van der Waals surface area contributed by atoms with Gasteiger partial charge in [-0.15, -0.1) is 0 Å². The molecule has 6 N–H and O–H groups in total. The van der Waals surface area contributed by atoms with Gasteiger partial charge in [0, 0.05) is 0 Å². The van der Waals surface area contributed by atoms with E-state index in [9.17, 15) is 4.79 Å². The molecule has 0 radical (unpaired) electrons. The molecule has 0 saturated carbocycles. The van der Waals surface area contributed by atoms with Crippen LogP contribution in [0.25, 0.3) is 0 Å². The molecule has 0 aromatic heterocycles. The Kier molecular flexibility index (Phi) is 3.97. The Labute approximate surface area is 64.2 Å². The lowest BCUT2D eigenvalue weighted by Gasteiger charge is -2.12. The van der Waals surface area contributed by atoms with Crippen molar-refractivity contribution in [2.24, 2.45) is 5.73 Å². The summed E-state index contributed by atoms with van der Waals surface area (Å²) in [7, 11) is 0. The number of nitrogens with two attached hydrogens (primary N) is 1. The first-order valence-electron chi connectivity index (χ1n) is 3.16. The number of carbonyl (C=O) groups is 1. The molecule has 6 nitrogen and oxygen atoms in total. The zero-order valence-corrected chi connectivity index (χ0v) is 6.22. The van der Waals surface area contributed by atoms with Crippen molar-refractivity contribution in [3.63, 3.8) is 0 Å². The fourth-order valence-corrected chi connectivity index (χ4v) is 0.503. The highest BCUT2D eigenvalue weighted by Crippen LogP contribution is 1.87. The summed E-state index contributed by atoms with van der Waals surface area (Å²) in [5.74, 6) is -1.27. The van der Waals surface area contributed by atoms with Crippen molar-refractivity contribution in [1.29, 1.82) is 5.41 Å². The number of aliphatic carboxylic acids is 1. The lowest BCUT2D eigenvalue weighted by atomic mass is 10.2. The Balaban J connectivity index is 3.70. The molecule has 0 aliphatic rings. The van der Waals surface area contributed by atoms with Crippen LogP contribution in [-0.2, 0) is 4.79 Å². The van der Waals surface area contributed by atoms with E-state index in [-0.39, 0.29) is 5.96 Å². The molecule has 0 aromatic rings. The molecule has 6 heteroatoms. The van der Waals surface area contributed by atoms with Crippen LogP contribution in [0.4, 0.5) is 0 Å². The van der Waals surface area contributed by atoms with E-state index >= 15 is 0 Å². The van der Waals surface area contributed by atoms with Crippen molar-refractivity contribution in [1.82, 2.24) is 10.9 Å². The number of hydrazine groups is 1. The molecule has 0 saturated heterocycles. The summed E-state index contributed by atoms with van der Waals surface area (Å²) >= 11 is 0. The van der Waals surface area contributed by atoms with E-state index in [1.165, 1.54) is 0 Å². The first-order chi connectivity index (χ1) is 5.07. The van der Waals surface area contributed by atoms with Crippen LogP contribution >= 0.6 is 0 Å². The fourth-order valence-electron chi connectivity index (χ4n) is 0.503. The van der Waals surface area contributed by atoms with Crippen LogP contribution in [-0.4, -0.2) is 23.1 Å². The maximum Gasteiger partial charge on any atom is 0.322 e. The van der Waals surface area contributed by atoms with Crippen LogP contribution in [0.15, 0.2) is 0 Å². The predicted molar refractivity (Wildman–Crippen MR) is 39.9 cm³/mol. The third-order valence-corrected chi connectivity index (χ3v) is 1.09.